The van der Waals surface area contributed by atoms with E-state index >= 15 is 0 Å². The number of rotatable bonds is 4. The number of nitrogens with one attached hydrogen (secondary N) is 2. The monoisotopic (exact) mass is 386 g/mol. The summed E-state index contributed by atoms with van der Waals surface area (Å²) in [5.41, 5.74) is 3.25. The maximum atomic E-state index is 14.6. The van der Waals surface area contributed by atoms with E-state index in [-0.39, 0.29) is 47.9 Å². The van der Waals surface area contributed by atoms with Gasteiger partial charge in [-0.2, -0.15) is 0 Å². The molecule has 0 spiro atoms. The molecule has 2 aliphatic rings. The van der Waals surface area contributed by atoms with Crippen LogP contribution < -0.4 is 10.8 Å². The molecule has 2 aliphatic heterocycles. The Morgan fingerprint density at radius 1 is 1.27 bits per heavy atom. The lowest BCUT2D eigenvalue weighted by Gasteiger charge is -2.23. The molecule has 9 heteroatoms. The van der Waals surface area contributed by atoms with E-state index in [2.05, 4.69) is 10.8 Å². The van der Waals surface area contributed by atoms with Crippen LogP contribution in [0.4, 0.5) is 8.78 Å². The van der Waals surface area contributed by atoms with Crippen LogP contribution in [0.2, 0.25) is 0 Å². The minimum Gasteiger partial charge on any atom is -0.353 e. The highest BCUT2D eigenvalue weighted by Crippen LogP contribution is 2.34. The zero-order chi connectivity index (χ0) is 18.9. The molecule has 1 saturated heterocycles. The summed E-state index contributed by atoms with van der Waals surface area (Å²) in [5, 5.41) is 2.60. The van der Waals surface area contributed by atoms with E-state index in [4.69, 9.17) is 4.84 Å². The first-order valence-electron chi connectivity index (χ1n) is 8.33. The van der Waals surface area contributed by atoms with Gasteiger partial charge in [-0.1, -0.05) is 0 Å². The van der Waals surface area contributed by atoms with Gasteiger partial charge in [0.1, 0.15) is 27.6 Å². The van der Waals surface area contributed by atoms with Gasteiger partial charge in [-0.15, -0.1) is 0 Å². The van der Waals surface area contributed by atoms with E-state index in [1.807, 2.05) is 0 Å². The minimum absolute atomic E-state index is 0.0519. The molecular formula is C17H20F2N2O4S. The van der Waals surface area contributed by atoms with E-state index < -0.39 is 33.5 Å². The summed E-state index contributed by atoms with van der Waals surface area (Å²) in [5.74, 6) is -2.14. The van der Waals surface area contributed by atoms with Gasteiger partial charge in [0.15, 0.2) is 0 Å². The lowest BCUT2D eigenvalue weighted by molar-refractivity contribution is -0.119. The molecule has 26 heavy (non-hydrogen) atoms. The molecule has 1 fully saturated rings. The zero-order valence-corrected chi connectivity index (χ0v) is 15.0. The molecule has 2 heterocycles. The first kappa shape index (κ1) is 18.8. The fourth-order valence-electron chi connectivity index (χ4n) is 3.20. The summed E-state index contributed by atoms with van der Waals surface area (Å²) in [6.45, 7) is 1.62. The summed E-state index contributed by atoms with van der Waals surface area (Å²) in [6, 6.07) is 2.43. The molecule has 0 radical (unpaired) electrons. The van der Waals surface area contributed by atoms with Crippen molar-refractivity contribution in [2.75, 3.05) is 18.1 Å². The largest absolute Gasteiger partial charge is 0.353 e. The predicted molar refractivity (Wildman–Crippen MR) is 91.7 cm³/mol. The number of hydrogen-bond donors (Lipinski definition) is 2. The van der Waals surface area contributed by atoms with Crippen molar-refractivity contribution in [2.24, 2.45) is 0 Å². The predicted octanol–water partition coefficient (Wildman–Crippen LogP) is 1.64. The van der Waals surface area contributed by atoms with Crippen molar-refractivity contribution in [3.63, 3.8) is 0 Å². The van der Waals surface area contributed by atoms with Crippen LogP contribution in [0.3, 0.4) is 0 Å². The Hall–Kier alpha value is -2.00. The van der Waals surface area contributed by atoms with Gasteiger partial charge in [0.05, 0.1) is 23.7 Å². The van der Waals surface area contributed by atoms with Gasteiger partial charge in [-0.3, -0.25) is 15.1 Å². The normalized spacial score (nSPS) is 22.6. The number of hydroxylamine groups is 1. The highest BCUT2D eigenvalue weighted by atomic mass is 32.2. The first-order chi connectivity index (χ1) is 12.2. The molecule has 6 nitrogen and oxygen atoms in total. The van der Waals surface area contributed by atoms with Crippen LogP contribution >= 0.6 is 0 Å². The van der Waals surface area contributed by atoms with Crippen molar-refractivity contribution in [3.05, 3.63) is 41.0 Å². The molecule has 0 aliphatic carbocycles. The van der Waals surface area contributed by atoms with E-state index in [0.29, 0.717) is 5.70 Å². The number of amides is 1. The Bertz CT molecular complexity index is 817. The van der Waals surface area contributed by atoms with Gasteiger partial charge in [0.2, 0.25) is 5.91 Å². The summed E-state index contributed by atoms with van der Waals surface area (Å²) in [6.07, 6.45) is 1.64. The lowest BCUT2D eigenvalue weighted by Crippen LogP contribution is -2.30. The third kappa shape index (κ3) is 4.21. The van der Waals surface area contributed by atoms with Gasteiger partial charge < -0.3 is 5.32 Å². The van der Waals surface area contributed by atoms with Crippen molar-refractivity contribution < 1.29 is 26.8 Å². The molecule has 2 N–H and O–H groups in total. The summed E-state index contributed by atoms with van der Waals surface area (Å²) in [7, 11) is -3.10. The average molecular weight is 386 g/mol. The number of hydrogen-bond acceptors (Lipinski definition) is 5. The molecule has 0 aromatic heterocycles. The Labute approximate surface area is 150 Å². The second-order valence-corrected chi connectivity index (χ2v) is 8.86. The molecule has 1 atom stereocenters. The van der Waals surface area contributed by atoms with Crippen LogP contribution in [0.1, 0.15) is 36.8 Å². The van der Waals surface area contributed by atoms with Crippen LogP contribution in [0, 0.1) is 11.6 Å². The Balaban J connectivity index is 1.78. The Morgan fingerprint density at radius 3 is 2.46 bits per heavy atom. The van der Waals surface area contributed by atoms with Crippen molar-refractivity contribution in [1.82, 2.24) is 10.8 Å². The molecule has 142 valence electrons. The molecule has 3 rings (SSSR count). The van der Waals surface area contributed by atoms with E-state index in [1.165, 1.54) is 19.1 Å². The maximum Gasteiger partial charge on any atom is 0.216 e. The second-order valence-electron chi connectivity index (χ2n) is 6.56. The van der Waals surface area contributed by atoms with Crippen LogP contribution in [0.5, 0.6) is 0 Å². The first-order valence-corrected chi connectivity index (χ1v) is 10.1. The van der Waals surface area contributed by atoms with E-state index in [9.17, 15) is 22.0 Å². The molecular weight excluding hydrogens is 366 g/mol. The van der Waals surface area contributed by atoms with Crippen LogP contribution in [0.25, 0.3) is 5.70 Å². The Kier molecular flexibility index (Phi) is 5.29. The topological polar surface area (TPSA) is 84.5 Å². The molecule has 1 unspecified atom stereocenters. The molecule has 0 bridgehead atoms. The highest BCUT2D eigenvalue weighted by molar-refractivity contribution is 7.91. The number of halogens is 2. The van der Waals surface area contributed by atoms with Gasteiger partial charge >= 0.3 is 0 Å². The van der Waals surface area contributed by atoms with Crippen molar-refractivity contribution in [3.8, 4) is 0 Å². The fourth-order valence-corrected chi connectivity index (χ4v) is 4.69. The van der Waals surface area contributed by atoms with E-state index in [0.717, 1.165) is 0 Å². The molecule has 1 aromatic carbocycles. The van der Waals surface area contributed by atoms with Crippen LogP contribution in [0.15, 0.2) is 18.2 Å². The Morgan fingerprint density at radius 2 is 1.88 bits per heavy atom. The van der Waals surface area contributed by atoms with Crippen LogP contribution in [-0.4, -0.2) is 38.5 Å². The SMILES string of the molecule is CC(=O)NCC1C=C(c2cc(F)c(C3CCS(=O)(=O)CC3)c(F)c2)NO1. The molecule has 1 amide bonds. The third-order valence-electron chi connectivity index (χ3n) is 4.58. The molecule has 0 saturated carbocycles. The summed E-state index contributed by atoms with van der Waals surface area (Å²) >= 11 is 0. The van der Waals surface area contributed by atoms with Gasteiger partial charge in [0, 0.05) is 18.1 Å². The maximum absolute atomic E-state index is 14.6. The average Bonchev–Trinajstić information content (AvgIpc) is 3.02. The van der Waals surface area contributed by atoms with E-state index in [1.54, 1.807) is 6.08 Å². The quantitative estimate of drug-likeness (QED) is 0.822. The highest BCUT2D eigenvalue weighted by Gasteiger charge is 2.29. The van der Waals surface area contributed by atoms with Gasteiger partial charge in [-0.25, -0.2) is 17.2 Å². The van der Waals surface area contributed by atoms with Crippen molar-refractivity contribution in [1.29, 1.82) is 0 Å². The lowest BCUT2D eigenvalue weighted by atomic mass is 9.91. The number of carbonyl (C=O) groups excluding carboxylic acids is 1. The van der Waals surface area contributed by atoms with Gasteiger partial charge in [-0.05, 0) is 37.0 Å². The molecule has 1 aromatic rings. The number of carbonyl (C=O) groups is 1. The van der Waals surface area contributed by atoms with Gasteiger partial charge in [0.25, 0.3) is 0 Å². The number of sulfone groups is 1. The van der Waals surface area contributed by atoms with Crippen molar-refractivity contribution in [2.45, 2.75) is 31.8 Å². The summed E-state index contributed by atoms with van der Waals surface area (Å²) in [4.78, 5) is 16.2. The summed E-state index contributed by atoms with van der Waals surface area (Å²) < 4.78 is 52.1. The number of benzene rings is 1. The minimum atomic E-state index is -3.10. The van der Waals surface area contributed by atoms with Crippen LogP contribution in [-0.2, 0) is 19.5 Å². The zero-order valence-electron chi connectivity index (χ0n) is 14.2. The fraction of sp³-hybridized carbons (Fsp3) is 0.471. The third-order valence-corrected chi connectivity index (χ3v) is 6.29. The second kappa shape index (κ2) is 7.32. The van der Waals surface area contributed by atoms with Crippen molar-refractivity contribution >= 4 is 21.4 Å². The standard InChI is InChI=1S/C17H20F2N2O4S/c1-10(22)20-9-13-8-16(21-25-13)12-6-14(18)17(15(19)7-12)11-2-4-26(23,24)5-3-11/h6-8,11,13,21H,2-5,9H2,1H3,(H,20,22). The smallest absolute Gasteiger partial charge is 0.216 e.